The number of amides is 1. The van der Waals surface area contributed by atoms with E-state index in [1.807, 2.05) is 0 Å². The van der Waals surface area contributed by atoms with Gasteiger partial charge in [0.05, 0.1) is 10.8 Å². The number of H-pyrrole nitrogens is 1. The Hall–Kier alpha value is -3.56. The lowest BCUT2D eigenvalue weighted by Gasteiger charge is -2.11. The van der Waals surface area contributed by atoms with Crippen LogP contribution in [0.25, 0.3) is 10.8 Å². The lowest BCUT2D eigenvalue weighted by molar-refractivity contribution is -0.274. The van der Waals surface area contributed by atoms with Gasteiger partial charge < -0.3 is 10.1 Å². The van der Waals surface area contributed by atoms with Gasteiger partial charge in [-0.15, -0.1) is 13.2 Å². The second kappa shape index (κ2) is 6.98. The average molecular weight is 379 g/mol. The minimum absolute atomic E-state index is 0.0398. The van der Waals surface area contributed by atoms with E-state index in [2.05, 4.69) is 15.2 Å². The molecule has 0 aliphatic rings. The van der Waals surface area contributed by atoms with Crippen LogP contribution in [0.2, 0.25) is 0 Å². The molecule has 0 saturated heterocycles. The maximum Gasteiger partial charge on any atom is 0.573 e. The van der Waals surface area contributed by atoms with Crippen LogP contribution in [-0.2, 0) is 11.3 Å². The normalized spacial score (nSPS) is 11.4. The minimum atomic E-state index is -4.86. The molecule has 2 aromatic carbocycles. The summed E-state index contributed by atoms with van der Waals surface area (Å²) >= 11 is 0. The van der Waals surface area contributed by atoms with E-state index < -0.39 is 35.7 Å². The highest BCUT2D eigenvalue weighted by molar-refractivity contribution is 5.91. The third-order valence-electron chi connectivity index (χ3n) is 3.54. The predicted molar refractivity (Wildman–Crippen MR) is 90.6 cm³/mol. The largest absolute Gasteiger partial charge is 0.573 e. The van der Waals surface area contributed by atoms with Crippen molar-refractivity contribution in [1.29, 1.82) is 0 Å². The second-order valence-electron chi connectivity index (χ2n) is 5.50. The molecule has 0 fully saturated rings. The van der Waals surface area contributed by atoms with Crippen LogP contribution in [0, 0.1) is 0 Å². The fraction of sp³-hybridized carbons (Fsp3) is 0.118. The zero-order valence-corrected chi connectivity index (χ0v) is 13.5. The molecule has 1 aromatic heterocycles. The fourth-order valence-corrected chi connectivity index (χ4v) is 2.47. The molecule has 140 valence electrons. The molecule has 0 aliphatic carbocycles. The Kier molecular flexibility index (Phi) is 4.72. The molecule has 2 N–H and O–H groups in total. The number of benzene rings is 2. The Bertz CT molecular complexity index is 1120. The number of fused-ring (bicyclic) bond motifs is 1. The van der Waals surface area contributed by atoms with Gasteiger partial charge in [0.2, 0.25) is 5.91 Å². The van der Waals surface area contributed by atoms with Crippen molar-refractivity contribution in [3.05, 3.63) is 69.2 Å². The van der Waals surface area contributed by atoms with Gasteiger partial charge in [-0.3, -0.25) is 19.5 Å². The number of alkyl halides is 3. The van der Waals surface area contributed by atoms with E-state index in [1.54, 1.807) is 12.1 Å². The van der Waals surface area contributed by atoms with E-state index in [0.717, 1.165) is 16.8 Å². The summed E-state index contributed by atoms with van der Waals surface area (Å²) in [5, 5.41) is 4.97. The molecular weight excluding hydrogens is 367 g/mol. The lowest BCUT2D eigenvalue weighted by Crippen LogP contribution is -2.34. The number of halogens is 3. The molecule has 0 saturated carbocycles. The standard InChI is InChI=1S/C17H12F3N3O4/c18-17(19,20)27-11-5-3-4-10(8-11)21-14(24)9-23-16(26)13-7-2-1-6-12(13)15(25)22-23/h1-8H,9H2,(H,21,24)(H,22,25). The molecule has 0 unspecified atom stereocenters. The minimum Gasteiger partial charge on any atom is -0.406 e. The summed E-state index contributed by atoms with van der Waals surface area (Å²) < 4.78 is 41.4. The topological polar surface area (TPSA) is 93.2 Å². The highest BCUT2D eigenvalue weighted by atomic mass is 19.4. The van der Waals surface area contributed by atoms with Crippen LogP contribution in [0.5, 0.6) is 5.75 Å². The summed E-state index contributed by atoms with van der Waals surface area (Å²) in [6.07, 6.45) is -4.86. The van der Waals surface area contributed by atoms with Crippen LogP contribution in [0.4, 0.5) is 18.9 Å². The van der Waals surface area contributed by atoms with Crippen LogP contribution >= 0.6 is 0 Å². The number of nitrogens with one attached hydrogen (secondary N) is 2. The van der Waals surface area contributed by atoms with Gasteiger partial charge in [0.15, 0.2) is 0 Å². The van der Waals surface area contributed by atoms with E-state index in [4.69, 9.17) is 0 Å². The number of anilines is 1. The zero-order chi connectivity index (χ0) is 19.6. The van der Waals surface area contributed by atoms with E-state index in [0.29, 0.717) is 0 Å². The number of carbonyl (C=O) groups excluding carboxylic acids is 1. The molecule has 0 bridgehead atoms. The molecule has 10 heteroatoms. The molecule has 27 heavy (non-hydrogen) atoms. The highest BCUT2D eigenvalue weighted by Crippen LogP contribution is 2.25. The number of hydrogen-bond acceptors (Lipinski definition) is 4. The van der Waals surface area contributed by atoms with Crippen molar-refractivity contribution in [2.75, 3.05) is 5.32 Å². The smallest absolute Gasteiger partial charge is 0.406 e. The van der Waals surface area contributed by atoms with Crippen LogP contribution in [0.15, 0.2) is 58.1 Å². The van der Waals surface area contributed by atoms with Crippen LogP contribution < -0.4 is 21.2 Å². The highest BCUT2D eigenvalue weighted by Gasteiger charge is 2.31. The first-order valence-electron chi connectivity index (χ1n) is 7.60. The van der Waals surface area contributed by atoms with Crippen molar-refractivity contribution in [3.8, 4) is 5.75 Å². The first-order chi connectivity index (χ1) is 12.7. The molecular formula is C17H12F3N3O4. The molecule has 1 heterocycles. The van der Waals surface area contributed by atoms with Crippen molar-refractivity contribution < 1.29 is 22.7 Å². The van der Waals surface area contributed by atoms with E-state index in [-0.39, 0.29) is 16.5 Å². The molecule has 3 aromatic rings. The lowest BCUT2D eigenvalue weighted by atomic mass is 10.2. The number of aromatic amines is 1. The van der Waals surface area contributed by atoms with Gasteiger partial charge in [-0.05, 0) is 24.3 Å². The van der Waals surface area contributed by atoms with Gasteiger partial charge in [-0.2, -0.15) is 0 Å². The van der Waals surface area contributed by atoms with E-state index >= 15 is 0 Å². The summed E-state index contributed by atoms with van der Waals surface area (Å²) in [6.45, 7) is -0.525. The number of hydrogen-bond donors (Lipinski definition) is 2. The SMILES string of the molecule is O=C(Cn1[nH]c(=O)c2ccccc2c1=O)Nc1cccc(OC(F)(F)F)c1. The quantitative estimate of drug-likeness (QED) is 0.727. The van der Waals surface area contributed by atoms with Gasteiger partial charge in [0, 0.05) is 11.8 Å². The summed E-state index contributed by atoms with van der Waals surface area (Å²) in [5.41, 5.74) is -1.08. The van der Waals surface area contributed by atoms with Gasteiger partial charge in [-0.1, -0.05) is 18.2 Å². The third-order valence-corrected chi connectivity index (χ3v) is 3.54. The van der Waals surface area contributed by atoms with E-state index in [1.165, 1.54) is 24.3 Å². The summed E-state index contributed by atoms with van der Waals surface area (Å²) in [7, 11) is 0. The molecule has 1 amide bonds. The average Bonchev–Trinajstić information content (AvgIpc) is 2.58. The molecule has 0 spiro atoms. The molecule has 3 rings (SSSR count). The molecule has 0 atom stereocenters. The Morgan fingerprint density at radius 3 is 2.48 bits per heavy atom. The van der Waals surface area contributed by atoms with Gasteiger partial charge >= 0.3 is 6.36 Å². The second-order valence-corrected chi connectivity index (χ2v) is 5.50. The number of carbonyl (C=O) groups is 1. The first-order valence-corrected chi connectivity index (χ1v) is 7.60. The Morgan fingerprint density at radius 1 is 1.07 bits per heavy atom. The Morgan fingerprint density at radius 2 is 1.78 bits per heavy atom. The Balaban J connectivity index is 1.80. The van der Waals surface area contributed by atoms with Crippen molar-refractivity contribution >= 4 is 22.4 Å². The van der Waals surface area contributed by atoms with E-state index in [9.17, 15) is 27.6 Å². The van der Waals surface area contributed by atoms with Crippen molar-refractivity contribution in [1.82, 2.24) is 9.78 Å². The maximum atomic E-state index is 12.3. The van der Waals surface area contributed by atoms with Gasteiger partial charge in [-0.25, -0.2) is 4.68 Å². The van der Waals surface area contributed by atoms with Crippen LogP contribution in [0.1, 0.15) is 0 Å². The van der Waals surface area contributed by atoms with Crippen LogP contribution in [0.3, 0.4) is 0 Å². The number of rotatable bonds is 4. The van der Waals surface area contributed by atoms with Gasteiger partial charge in [0.1, 0.15) is 12.3 Å². The number of nitrogens with zero attached hydrogens (tertiary/aromatic N) is 1. The Labute approximate surface area is 149 Å². The van der Waals surface area contributed by atoms with Crippen molar-refractivity contribution in [2.45, 2.75) is 12.9 Å². The summed E-state index contributed by atoms with van der Waals surface area (Å²) in [5.74, 6) is -1.22. The monoisotopic (exact) mass is 379 g/mol. The predicted octanol–water partition coefficient (Wildman–Crippen LogP) is 2.23. The van der Waals surface area contributed by atoms with Crippen molar-refractivity contribution in [2.24, 2.45) is 0 Å². The summed E-state index contributed by atoms with van der Waals surface area (Å²) in [4.78, 5) is 36.5. The molecule has 0 aliphatic heterocycles. The van der Waals surface area contributed by atoms with Crippen LogP contribution in [-0.4, -0.2) is 22.1 Å². The zero-order valence-electron chi connectivity index (χ0n) is 13.5. The number of aromatic nitrogens is 2. The third kappa shape index (κ3) is 4.35. The van der Waals surface area contributed by atoms with Crippen molar-refractivity contribution in [3.63, 3.8) is 0 Å². The molecule has 0 radical (unpaired) electrons. The first kappa shape index (κ1) is 18.2. The molecule has 7 nitrogen and oxygen atoms in total. The summed E-state index contributed by atoms with van der Waals surface area (Å²) in [6, 6.07) is 10.8. The number of ether oxygens (including phenoxy) is 1. The maximum absolute atomic E-state index is 12.3. The van der Waals surface area contributed by atoms with Gasteiger partial charge in [0.25, 0.3) is 11.1 Å². The fourth-order valence-electron chi connectivity index (χ4n) is 2.47.